The van der Waals surface area contributed by atoms with E-state index in [-0.39, 0.29) is 0 Å². The van der Waals surface area contributed by atoms with Crippen LogP contribution < -0.4 is 9.80 Å². The van der Waals surface area contributed by atoms with Crippen LogP contribution in [-0.4, -0.2) is 18.8 Å². The maximum Gasteiger partial charge on any atom is 0.137 e. The number of hydrogen-bond acceptors (Lipinski definition) is 4. The lowest BCUT2D eigenvalue weighted by molar-refractivity contribution is 1.19. The van der Waals surface area contributed by atoms with E-state index in [0.29, 0.717) is 0 Å². The van der Waals surface area contributed by atoms with Gasteiger partial charge in [-0.1, -0.05) is 182 Å². The van der Waals surface area contributed by atoms with Crippen LogP contribution in [0.15, 0.2) is 291 Å². The third-order valence-electron chi connectivity index (χ3n) is 14.5. The van der Waals surface area contributed by atoms with Crippen LogP contribution in [0.25, 0.3) is 89.0 Å². The van der Waals surface area contributed by atoms with Crippen molar-refractivity contribution in [2.24, 2.45) is 0 Å². The van der Waals surface area contributed by atoms with Gasteiger partial charge in [0.05, 0.1) is 22.8 Å². The molecule has 14 rings (SSSR count). The first kappa shape index (κ1) is 44.4. The number of rotatable bonds is 11. The van der Waals surface area contributed by atoms with Crippen LogP contribution in [0.3, 0.4) is 0 Å². The molecule has 0 N–H and O–H groups in total. The number of nitrogens with zero attached hydrogens (tertiary/aromatic N) is 6. The lowest BCUT2D eigenvalue weighted by Gasteiger charge is -2.27. The zero-order chi connectivity index (χ0) is 50.4. The molecule has 6 nitrogen and oxygen atoms in total. The minimum absolute atomic E-state index is 0.907. The van der Waals surface area contributed by atoms with Crippen LogP contribution in [0.1, 0.15) is 0 Å². The Labute approximate surface area is 441 Å². The van der Waals surface area contributed by atoms with Gasteiger partial charge in [0, 0.05) is 68.8 Å². The molecule has 0 atom stereocenters. The van der Waals surface area contributed by atoms with Crippen molar-refractivity contribution in [3.63, 3.8) is 0 Å². The molecule has 0 aliphatic heterocycles. The molecule has 76 heavy (non-hydrogen) atoms. The van der Waals surface area contributed by atoms with E-state index in [1.807, 2.05) is 12.1 Å². The molecule has 0 bridgehead atoms. The molecule has 0 saturated carbocycles. The third kappa shape index (κ3) is 8.11. The molecule has 0 amide bonds. The molecular weight excluding hydrogens is 925 g/mol. The van der Waals surface area contributed by atoms with E-state index in [2.05, 4.69) is 298 Å². The van der Waals surface area contributed by atoms with E-state index >= 15 is 0 Å². The third-order valence-corrected chi connectivity index (χ3v) is 14.5. The second kappa shape index (κ2) is 19.0. The standard InChI is InChI=1S/C70H48N6/c1-3-19-53(20-4-1)67-69(73-43-13-11-29-65(73)71-67)57-25-15-27-61(47-57)75(63-41-35-49-17-7-9-23-55(49)45-63)59-37-31-51(32-38-59)52-33-39-60(40-34-52)76(64-42-36-50-18-8-10-24-56(50)46-64)62-28-16-26-58(48-62)70-68(54-21-5-2-6-22-54)72-66-30-12-14-44-74(66)70/h1-48H. The normalized spacial score (nSPS) is 11.4. The number of imidazole rings is 2. The smallest absolute Gasteiger partial charge is 0.137 e. The fraction of sp³-hybridized carbons (Fsp3) is 0. The summed E-state index contributed by atoms with van der Waals surface area (Å²) >= 11 is 0. The van der Waals surface area contributed by atoms with Crippen molar-refractivity contribution < 1.29 is 0 Å². The fourth-order valence-corrected chi connectivity index (χ4v) is 10.9. The van der Waals surface area contributed by atoms with Crippen LogP contribution in [0.5, 0.6) is 0 Å². The zero-order valence-electron chi connectivity index (χ0n) is 41.4. The molecule has 0 unspecified atom stereocenters. The lowest BCUT2D eigenvalue weighted by Crippen LogP contribution is -2.10. The summed E-state index contributed by atoms with van der Waals surface area (Å²) in [5.41, 5.74) is 18.7. The molecule has 0 radical (unpaired) electrons. The Balaban J connectivity index is 0.843. The van der Waals surface area contributed by atoms with Crippen LogP contribution in [0, 0.1) is 0 Å². The highest BCUT2D eigenvalue weighted by Gasteiger charge is 2.22. The van der Waals surface area contributed by atoms with Gasteiger partial charge in [-0.05, 0) is 130 Å². The summed E-state index contributed by atoms with van der Waals surface area (Å²) < 4.78 is 4.40. The first-order valence-electron chi connectivity index (χ1n) is 25.7. The van der Waals surface area contributed by atoms with Crippen molar-refractivity contribution in [2.75, 3.05) is 9.80 Å². The molecule has 4 heterocycles. The number of fused-ring (bicyclic) bond motifs is 4. The quantitative estimate of drug-likeness (QED) is 0.129. The van der Waals surface area contributed by atoms with E-state index in [1.165, 1.54) is 21.5 Å². The van der Waals surface area contributed by atoms with Gasteiger partial charge < -0.3 is 9.80 Å². The van der Waals surface area contributed by atoms with Crippen molar-refractivity contribution in [1.29, 1.82) is 0 Å². The number of aromatic nitrogens is 4. The van der Waals surface area contributed by atoms with E-state index in [4.69, 9.17) is 9.97 Å². The zero-order valence-corrected chi connectivity index (χ0v) is 41.4. The number of anilines is 6. The molecule has 6 heteroatoms. The Hall–Kier alpha value is -10.3. The summed E-state index contributed by atoms with van der Waals surface area (Å²) in [5, 5.41) is 4.77. The van der Waals surface area contributed by atoms with Gasteiger partial charge in [0.2, 0.25) is 0 Å². The Bertz CT molecular complexity index is 4120. The topological polar surface area (TPSA) is 41.1 Å². The summed E-state index contributed by atoms with van der Waals surface area (Å²) in [4.78, 5) is 15.0. The summed E-state index contributed by atoms with van der Waals surface area (Å²) in [7, 11) is 0. The molecule has 0 aliphatic rings. The summed E-state index contributed by atoms with van der Waals surface area (Å²) in [6.07, 6.45) is 4.21. The Morgan fingerprint density at radius 2 is 0.592 bits per heavy atom. The van der Waals surface area contributed by atoms with Crippen molar-refractivity contribution in [2.45, 2.75) is 0 Å². The Kier molecular flexibility index (Phi) is 11.1. The van der Waals surface area contributed by atoms with E-state index in [9.17, 15) is 0 Å². The highest BCUT2D eigenvalue weighted by molar-refractivity contribution is 5.93. The Morgan fingerprint density at radius 3 is 1.03 bits per heavy atom. The maximum absolute atomic E-state index is 5.16. The maximum atomic E-state index is 5.16. The predicted molar refractivity (Wildman–Crippen MR) is 316 cm³/mol. The summed E-state index contributed by atoms with van der Waals surface area (Å²) in [5.74, 6) is 0. The second-order valence-corrected chi connectivity index (χ2v) is 19.1. The van der Waals surface area contributed by atoms with Crippen molar-refractivity contribution >= 4 is 67.0 Å². The molecule has 0 aliphatic carbocycles. The van der Waals surface area contributed by atoms with Gasteiger partial charge in [-0.25, -0.2) is 9.97 Å². The molecule has 0 saturated heterocycles. The fourth-order valence-electron chi connectivity index (χ4n) is 10.9. The van der Waals surface area contributed by atoms with Gasteiger partial charge in [-0.3, -0.25) is 8.80 Å². The second-order valence-electron chi connectivity index (χ2n) is 19.1. The van der Waals surface area contributed by atoms with Gasteiger partial charge in [0.1, 0.15) is 11.3 Å². The molecule has 358 valence electrons. The molecule has 14 aromatic rings. The van der Waals surface area contributed by atoms with Gasteiger partial charge in [-0.2, -0.15) is 0 Å². The first-order chi connectivity index (χ1) is 37.7. The summed E-state index contributed by atoms with van der Waals surface area (Å²) in [6.45, 7) is 0. The average Bonchev–Trinajstić information content (AvgIpc) is 4.11. The van der Waals surface area contributed by atoms with Gasteiger partial charge in [-0.15, -0.1) is 0 Å². The van der Waals surface area contributed by atoms with E-state index < -0.39 is 0 Å². The van der Waals surface area contributed by atoms with E-state index in [0.717, 1.165) is 102 Å². The van der Waals surface area contributed by atoms with Crippen molar-refractivity contribution in [3.8, 4) is 56.2 Å². The minimum atomic E-state index is 0.907. The van der Waals surface area contributed by atoms with Gasteiger partial charge in [0.25, 0.3) is 0 Å². The monoisotopic (exact) mass is 972 g/mol. The molecule has 0 spiro atoms. The number of hydrogen-bond donors (Lipinski definition) is 0. The summed E-state index contributed by atoms with van der Waals surface area (Å²) in [6, 6.07) is 99.5. The van der Waals surface area contributed by atoms with E-state index in [1.54, 1.807) is 0 Å². The largest absolute Gasteiger partial charge is 0.310 e. The first-order valence-corrected chi connectivity index (χ1v) is 25.7. The minimum Gasteiger partial charge on any atom is -0.310 e. The van der Waals surface area contributed by atoms with Gasteiger partial charge in [0.15, 0.2) is 0 Å². The van der Waals surface area contributed by atoms with Crippen molar-refractivity contribution in [3.05, 3.63) is 291 Å². The van der Waals surface area contributed by atoms with Crippen LogP contribution in [0.2, 0.25) is 0 Å². The van der Waals surface area contributed by atoms with Gasteiger partial charge >= 0.3 is 0 Å². The molecule has 10 aromatic carbocycles. The lowest BCUT2D eigenvalue weighted by atomic mass is 10.0. The van der Waals surface area contributed by atoms with Crippen LogP contribution in [0.4, 0.5) is 34.1 Å². The molecule has 0 fully saturated rings. The van der Waals surface area contributed by atoms with Crippen molar-refractivity contribution in [1.82, 2.24) is 18.8 Å². The predicted octanol–water partition coefficient (Wildman–Crippen LogP) is 18.6. The van der Waals surface area contributed by atoms with Crippen LogP contribution >= 0.6 is 0 Å². The molecular formula is C70H48N6. The highest BCUT2D eigenvalue weighted by atomic mass is 15.1. The number of pyridine rings is 2. The Morgan fingerprint density at radius 1 is 0.237 bits per heavy atom. The number of benzene rings is 10. The van der Waals surface area contributed by atoms with Crippen LogP contribution in [-0.2, 0) is 0 Å². The molecule has 4 aromatic heterocycles. The average molecular weight is 973 g/mol. The highest BCUT2D eigenvalue weighted by Crippen LogP contribution is 2.43. The SMILES string of the molecule is c1ccc(-c2nc3ccccn3c2-c2cccc(N(c3ccc(-c4ccc(N(c5cccc(-c6c(-c7ccccc7)nc7ccccn67)c5)c5ccc6ccccc6c5)cc4)cc3)c3ccc4ccccc4c3)c2)cc1.